The Labute approximate surface area is 101 Å². The number of halogens is 1. The molecule has 1 rings (SSSR count). The molecule has 2 nitrogen and oxygen atoms in total. The van der Waals surface area contributed by atoms with E-state index in [2.05, 4.69) is 29.5 Å². The van der Waals surface area contributed by atoms with Gasteiger partial charge >= 0.3 is 0 Å². The SMILES string of the molecule is CCc1csc(NCCCC(C)CCl)n1. The molecule has 0 spiro atoms. The van der Waals surface area contributed by atoms with E-state index < -0.39 is 0 Å². The molecule has 0 saturated carbocycles. The maximum Gasteiger partial charge on any atom is 0.182 e. The summed E-state index contributed by atoms with van der Waals surface area (Å²) in [7, 11) is 0. The van der Waals surface area contributed by atoms with Crippen molar-refractivity contribution >= 4 is 28.1 Å². The normalized spacial score (nSPS) is 12.7. The second-order valence-electron chi connectivity index (χ2n) is 3.83. The molecule has 0 aliphatic heterocycles. The van der Waals surface area contributed by atoms with Gasteiger partial charge in [-0.05, 0) is 25.2 Å². The summed E-state index contributed by atoms with van der Waals surface area (Å²) in [5, 5.41) is 6.50. The third kappa shape index (κ3) is 4.85. The third-order valence-electron chi connectivity index (χ3n) is 2.33. The lowest BCUT2D eigenvalue weighted by Crippen LogP contribution is -2.04. The van der Waals surface area contributed by atoms with Gasteiger partial charge in [-0.2, -0.15) is 0 Å². The topological polar surface area (TPSA) is 24.9 Å². The Morgan fingerprint density at radius 1 is 1.60 bits per heavy atom. The molecule has 1 atom stereocenters. The second-order valence-corrected chi connectivity index (χ2v) is 4.99. The lowest BCUT2D eigenvalue weighted by molar-refractivity contribution is 0.572. The fraction of sp³-hybridized carbons (Fsp3) is 0.727. The van der Waals surface area contributed by atoms with Crippen LogP contribution in [-0.2, 0) is 6.42 Å². The van der Waals surface area contributed by atoms with Crippen LogP contribution in [0.2, 0.25) is 0 Å². The van der Waals surface area contributed by atoms with Gasteiger partial charge < -0.3 is 5.32 Å². The summed E-state index contributed by atoms with van der Waals surface area (Å²) >= 11 is 7.43. The molecule has 1 aromatic rings. The fourth-order valence-corrected chi connectivity index (χ4v) is 2.25. The highest BCUT2D eigenvalue weighted by molar-refractivity contribution is 7.13. The molecule has 0 aliphatic rings. The highest BCUT2D eigenvalue weighted by Gasteiger charge is 2.01. The number of anilines is 1. The van der Waals surface area contributed by atoms with Crippen molar-refractivity contribution in [1.82, 2.24) is 4.98 Å². The van der Waals surface area contributed by atoms with Crippen molar-refractivity contribution in [2.24, 2.45) is 5.92 Å². The van der Waals surface area contributed by atoms with E-state index in [9.17, 15) is 0 Å². The van der Waals surface area contributed by atoms with Crippen LogP contribution in [0, 0.1) is 5.92 Å². The van der Waals surface area contributed by atoms with Crippen molar-refractivity contribution in [2.75, 3.05) is 17.7 Å². The molecule has 0 fully saturated rings. The van der Waals surface area contributed by atoms with Crippen molar-refractivity contribution in [3.8, 4) is 0 Å². The van der Waals surface area contributed by atoms with Gasteiger partial charge in [-0.15, -0.1) is 22.9 Å². The summed E-state index contributed by atoms with van der Waals surface area (Å²) in [5.74, 6) is 1.38. The number of nitrogens with zero attached hydrogens (tertiary/aromatic N) is 1. The smallest absolute Gasteiger partial charge is 0.182 e. The summed E-state index contributed by atoms with van der Waals surface area (Å²) in [4.78, 5) is 4.45. The Kier molecular flexibility index (Phi) is 6.03. The van der Waals surface area contributed by atoms with Crippen molar-refractivity contribution in [3.63, 3.8) is 0 Å². The van der Waals surface area contributed by atoms with Crippen LogP contribution in [-0.4, -0.2) is 17.4 Å². The zero-order chi connectivity index (χ0) is 11.1. The average molecular weight is 247 g/mol. The zero-order valence-corrected chi connectivity index (χ0v) is 11.0. The Bertz CT molecular complexity index is 275. The first kappa shape index (κ1) is 12.8. The van der Waals surface area contributed by atoms with Crippen molar-refractivity contribution in [1.29, 1.82) is 0 Å². The summed E-state index contributed by atoms with van der Waals surface area (Å²) in [6, 6.07) is 0. The maximum absolute atomic E-state index is 5.74. The van der Waals surface area contributed by atoms with Crippen LogP contribution >= 0.6 is 22.9 Å². The molecule has 0 bridgehead atoms. The molecule has 1 N–H and O–H groups in total. The fourth-order valence-electron chi connectivity index (χ4n) is 1.27. The van der Waals surface area contributed by atoms with Gasteiger partial charge in [0.25, 0.3) is 0 Å². The van der Waals surface area contributed by atoms with Crippen molar-refractivity contribution in [3.05, 3.63) is 11.1 Å². The molecule has 1 heterocycles. The van der Waals surface area contributed by atoms with Gasteiger partial charge in [0.2, 0.25) is 0 Å². The monoisotopic (exact) mass is 246 g/mol. The Morgan fingerprint density at radius 3 is 3.00 bits per heavy atom. The zero-order valence-electron chi connectivity index (χ0n) is 9.42. The Hall–Kier alpha value is -0.280. The molecule has 0 radical (unpaired) electrons. The predicted molar refractivity (Wildman–Crippen MR) is 69.1 cm³/mol. The molecule has 4 heteroatoms. The average Bonchev–Trinajstić information content (AvgIpc) is 2.72. The number of alkyl halides is 1. The largest absolute Gasteiger partial charge is 0.362 e. The van der Waals surface area contributed by atoms with E-state index in [1.54, 1.807) is 11.3 Å². The lowest BCUT2D eigenvalue weighted by atomic mass is 10.1. The molecule has 1 aromatic heterocycles. The molecular weight excluding hydrogens is 228 g/mol. The van der Waals surface area contributed by atoms with Gasteiger partial charge in [0.1, 0.15) is 0 Å². The molecule has 0 saturated heterocycles. The maximum atomic E-state index is 5.74. The van der Waals surface area contributed by atoms with Gasteiger partial charge in [-0.3, -0.25) is 0 Å². The number of thiazole rings is 1. The van der Waals surface area contributed by atoms with E-state index >= 15 is 0 Å². The van der Waals surface area contributed by atoms with E-state index in [1.165, 1.54) is 12.1 Å². The van der Waals surface area contributed by atoms with E-state index in [4.69, 9.17) is 11.6 Å². The van der Waals surface area contributed by atoms with E-state index in [0.717, 1.165) is 30.4 Å². The first-order chi connectivity index (χ1) is 7.26. The predicted octanol–water partition coefficient (Wildman–Crippen LogP) is 3.77. The van der Waals surface area contributed by atoms with Gasteiger partial charge in [0.05, 0.1) is 5.69 Å². The number of aromatic nitrogens is 1. The lowest BCUT2D eigenvalue weighted by Gasteiger charge is -2.06. The molecule has 1 unspecified atom stereocenters. The first-order valence-electron chi connectivity index (χ1n) is 5.50. The highest BCUT2D eigenvalue weighted by Crippen LogP contribution is 2.16. The molecule has 86 valence electrons. The van der Waals surface area contributed by atoms with Crippen LogP contribution in [0.3, 0.4) is 0 Å². The minimum atomic E-state index is 0.621. The summed E-state index contributed by atoms with van der Waals surface area (Å²) in [6.45, 7) is 5.31. The van der Waals surface area contributed by atoms with Crippen molar-refractivity contribution < 1.29 is 0 Å². The molecule has 15 heavy (non-hydrogen) atoms. The van der Waals surface area contributed by atoms with E-state index in [1.807, 2.05) is 0 Å². The van der Waals surface area contributed by atoms with Gasteiger partial charge in [-0.1, -0.05) is 13.8 Å². The minimum Gasteiger partial charge on any atom is -0.362 e. The molecule has 0 aromatic carbocycles. The van der Waals surface area contributed by atoms with Crippen LogP contribution < -0.4 is 5.32 Å². The number of nitrogens with one attached hydrogen (secondary N) is 1. The summed E-state index contributed by atoms with van der Waals surface area (Å²) < 4.78 is 0. The third-order valence-corrected chi connectivity index (χ3v) is 3.70. The molecule has 0 aliphatic carbocycles. The van der Waals surface area contributed by atoms with Crippen LogP contribution in [0.25, 0.3) is 0 Å². The number of hydrogen-bond donors (Lipinski definition) is 1. The van der Waals surface area contributed by atoms with Gasteiger partial charge in [-0.25, -0.2) is 4.98 Å². The highest BCUT2D eigenvalue weighted by atomic mass is 35.5. The van der Waals surface area contributed by atoms with Crippen molar-refractivity contribution in [2.45, 2.75) is 33.1 Å². The Morgan fingerprint density at radius 2 is 2.40 bits per heavy atom. The molecule has 0 amide bonds. The van der Waals surface area contributed by atoms with E-state index in [0.29, 0.717) is 5.92 Å². The Balaban J connectivity index is 2.14. The van der Waals surface area contributed by atoms with Gasteiger partial charge in [0, 0.05) is 17.8 Å². The number of hydrogen-bond acceptors (Lipinski definition) is 3. The van der Waals surface area contributed by atoms with Crippen LogP contribution in [0.5, 0.6) is 0 Å². The second kappa shape index (κ2) is 7.07. The van der Waals surface area contributed by atoms with E-state index in [-0.39, 0.29) is 0 Å². The quantitative estimate of drug-likeness (QED) is 0.585. The summed E-state index contributed by atoms with van der Waals surface area (Å²) in [5.41, 5.74) is 1.18. The van der Waals surface area contributed by atoms with Crippen LogP contribution in [0.1, 0.15) is 32.4 Å². The number of aryl methyl sites for hydroxylation is 1. The van der Waals surface area contributed by atoms with Crippen LogP contribution in [0.4, 0.5) is 5.13 Å². The molecular formula is C11H19ClN2S. The van der Waals surface area contributed by atoms with Crippen LogP contribution in [0.15, 0.2) is 5.38 Å². The minimum absolute atomic E-state index is 0.621. The standard InChI is InChI=1S/C11H19ClN2S/c1-3-10-8-15-11(14-10)13-6-4-5-9(2)7-12/h8-9H,3-7H2,1-2H3,(H,13,14). The number of rotatable bonds is 7. The van der Waals surface area contributed by atoms with Gasteiger partial charge in [0.15, 0.2) is 5.13 Å². The summed E-state index contributed by atoms with van der Waals surface area (Å²) in [6.07, 6.45) is 3.36. The first-order valence-corrected chi connectivity index (χ1v) is 6.92.